The zero-order valence-electron chi connectivity index (χ0n) is 10.6. The van der Waals surface area contributed by atoms with E-state index in [1.807, 2.05) is 24.3 Å². The standard InChI is InChI=1S/C16H15NO2/c1-10(16(18)19)17-15-13-8-4-2-6-11(13)12-7-3-5-9-14(12)15/h2-10,15,17H,1H3,(H,18,19). The molecule has 3 heteroatoms. The van der Waals surface area contributed by atoms with E-state index >= 15 is 0 Å². The molecule has 0 fully saturated rings. The fourth-order valence-corrected chi connectivity index (χ4v) is 2.66. The minimum Gasteiger partial charge on any atom is -0.480 e. The van der Waals surface area contributed by atoms with Gasteiger partial charge in [0.1, 0.15) is 6.04 Å². The van der Waals surface area contributed by atoms with Crippen LogP contribution in [0.1, 0.15) is 24.1 Å². The predicted molar refractivity (Wildman–Crippen MR) is 74.0 cm³/mol. The molecule has 1 aliphatic carbocycles. The predicted octanol–water partition coefficient (Wildman–Crippen LogP) is 2.82. The number of nitrogens with one attached hydrogen (secondary N) is 1. The minimum absolute atomic E-state index is 0.0431. The van der Waals surface area contributed by atoms with E-state index in [-0.39, 0.29) is 6.04 Å². The summed E-state index contributed by atoms with van der Waals surface area (Å²) in [5.41, 5.74) is 4.68. The smallest absolute Gasteiger partial charge is 0.320 e. The Kier molecular flexibility index (Phi) is 2.84. The molecule has 96 valence electrons. The molecule has 0 amide bonds. The number of aliphatic carboxylic acids is 1. The van der Waals surface area contributed by atoms with Crippen molar-refractivity contribution in [3.8, 4) is 11.1 Å². The van der Waals surface area contributed by atoms with Crippen LogP contribution in [0.15, 0.2) is 48.5 Å². The Morgan fingerprint density at radius 1 is 1.05 bits per heavy atom. The first kappa shape index (κ1) is 11.9. The van der Waals surface area contributed by atoms with Crippen LogP contribution in [0, 0.1) is 0 Å². The molecule has 0 saturated heterocycles. The summed E-state index contributed by atoms with van der Waals surface area (Å²) in [5.74, 6) is -0.832. The molecule has 2 aromatic rings. The van der Waals surface area contributed by atoms with Crippen molar-refractivity contribution in [2.75, 3.05) is 0 Å². The van der Waals surface area contributed by atoms with Crippen molar-refractivity contribution in [1.29, 1.82) is 0 Å². The third-order valence-corrected chi connectivity index (χ3v) is 3.62. The van der Waals surface area contributed by atoms with E-state index in [9.17, 15) is 4.79 Å². The Bertz CT molecular complexity index is 591. The van der Waals surface area contributed by atoms with Gasteiger partial charge in [0.05, 0.1) is 6.04 Å². The van der Waals surface area contributed by atoms with Gasteiger partial charge in [-0.25, -0.2) is 0 Å². The van der Waals surface area contributed by atoms with Crippen LogP contribution in [0.5, 0.6) is 0 Å². The molecule has 3 nitrogen and oxygen atoms in total. The highest BCUT2D eigenvalue weighted by atomic mass is 16.4. The highest BCUT2D eigenvalue weighted by Gasteiger charge is 2.29. The van der Waals surface area contributed by atoms with Crippen molar-refractivity contribution in [3.05, 3.63) is 59.7 Å². The highest BCUT2D eigenvalue weighted by Crippen LogP contribution is 2.43. The lowest BCUT2D eigenvalue weighted by atomic mass is 10.0. The lowest BCUT2D eigenvalue weighted by molar-refractivity contribution is -0.139. The molecule has 0 radical (unpaired) electrons. The molecule has 1 atom stereocenters. The normalized spacial score (nSPS) is 14.8. The second-order valence-electron chi connectivity index (χ2n) is 4.83. The molecule has 0 heterocycles. The third-order valence-electron chi connectivity index (χ3n) is 3.62. The minimum atomic E-state index is -0.832. The van der Waals surface area contributed by atoms with Crippen molar-refractivity contribution in [1.82, 2.24) is 5.32 Å². The average Bonchev–Trinajstić information content (AvgIpc) is 2.74. The van der Waals surface area contributed by atoms with E-state index in [4.69, 9.17) is 5.11 Å². The number of carbonyl (C=O) groups is 1. The van der Waals surface area contributed by atoms with Crippen LogP contribution in [0.4, 0.5) is 0 Å². The van der Waals surface area contributed by atoms with Gasteiger partial charge in [-0.1, -0.05) is 48.5 Å². The van der Waals surface area contributed by atoms with Gasteiger partial charge in [0.2, 0.25) is 0 Å². The van der Waals surface area contributed by atoms with Crippen molar-refractivity contribution < 1.29 is 9.90 Å². The molecule has 1 aliphatic rings. The Morgan fingerprint density at radius 2 is 1.53 bits per heavy atom. The van der Waals surface area contributed by atoms with Gasteiger partial charge in [-0.2, -0.15) is 0 Å². The number of hydrogen-bond acceptors (Lipinski definition) is 2. The zero-order valence-corrected chi connectivity index (χ0v) is 10.6. The number of carboxylic acid groups (broad SMARTS) is 1. The highest BCUT2D eigenvalue weighted by molar-refractivity contribution is 5.79. The summed E-state index contributed by atoms with van der Waals surface area (Å²) in [4.78, 5) is 11.0. The van der Waals surface area contributed by atoms with Crippen molar-refractivity contribution in [3.63, 3.8) is 0 Å². The van der Waals surface area contributed by atoms with Crippen LogP contribution >= 0.6 is 0 Å². The number of hydrogen-bond donors (Lipinski definition) is 2. The molecule has 0 bridgehead atoms. The molecule has 3 rings (SSSR count). The number of rotatable bonds is 3. The first-order valence-electron chi connectivity index (χ1n) is 6.35. The Balaban J connectivity index is 2.07. The van der Waals surface area contributed by atoms with Gasteiger partial charge in [-0.3, -0.25) is 10.1 Å². The fourth-order valence-electron chi connectivity index (χ4n) is 2.66. The van der Waals surface area contributed by atoms with Gasteiger partial charge in [0.25, 0.3) is 0 Å². The quantitative estimate of drug-likeness (QED) is 0.884. The maximum absolute atomic E-state index is 11.0. The maximum atomic E-state index is 11.0. The molecule has 0 aromatic heterocycles. The van der Waals surface area contributed by atoms with Crippen LogP contribution in [-0.2, 0) is 4.79 Å². The lowest BCUT2D eigenvalue weighted by Gasteiger charge is -2.18. The average molecular weight is 253 g/mol. The molecule has 2 aromatic carbocycles. The van der Waals surface area contributed by atoms with E-state index in [0.29, 0.717) is 0 Å². The van der Waals surface area contributed by atoms with E-state index < -0.39 is 12.0 Å². The van der Waals surface area contributed by atoms with Crippen LogP contribution < -0.4 is 5.32 Å². The summed E-state index contributed by atoms with van der Waals surface area (Å²) in [6, 6.07) is 15.7. The molecule has 0 saturated carbocycles. The first-order chi connectivity index (χ1) is 9.18. The van der Waals surface area contributed by atoms with Crippen molar-refractivity contribution in [2.24, 2.45) is 0 Å². The topological polar surface area (TPSA) is 49.3 Å². The number of carboxylic acids is 1. The SMILES string of the molecule is CC(NC1c2ccccc2-c2ccccc21)C(=O)O. The van der Waals surface area contributed by atoms with Gasteiger partial charge < -0.3 is 5.11 Å². The summed E-state index contributed by atoms with van der Waals surface area (Å²) in [6.07, 6.45) is 0. The van der Waals surface area contributed by atoms with E-state index in [1.165, 1.54) is 11.1 Å². The zero-order chi connectivity index (χ0) is 13.4. The monoisotopic (exact) mass is 253 g/mol. The molecule has 19 heavy (non-hydrogen) atoms. The van der Waals surface area contributed by atoms with Gasteiger partial charge in [-0.05, 0) is 29.2 Å². The maximum Gasteiger partial charge on any atom is 0.320 e. The van der Waals surface area contributed by atoms with Crippen LogP contribution in [0.2, 0.25) is 0 Å². The lowest BCUT2D eigenvalue weighted by Crippen LogP contribution is -2.36. The van der Waals surface area contributed by atoms with E-state index in [1.54, 1.807) is 6.92 Å². The van der Waals surface area contributed by atoms with Crippen LogP contribution in [0.25, 0.3) is 11.1 Å². The molecule has 0 aliphatic heterocycles. The molecular weight excluding hydrogens is 238 g/mol. The first-order valence-corrected chi connectivity index (χ1v) is 6.35. The Labute approximate surface area is 111 Å². The molecule has 0 spiro atoms. The van der Waals surface area contributed by atoms with Gasteiger partial charge in [0.15, 0.2) is 0 Å². The van der Waals surface area contributed by atoms with E-state index in [2.05, 4.69) is 29.6 Å². The second-order valence-corrected chi connectivity index (χ2v) is 4.83. The van der Waals surface area contributed by atoms with Crippen LogP contribution in [-0.4, -0.2) is 17.1 Å². The summed E-state index contributed by atoms with van der Waals surface area (Å²) in [5, 5.41) is 12.3. The third kappa shape index (κ3) is 1.92. The van der Waals surface area contributed by atoms with Crippen LogP contribution in [0.3, 0.4) is 0 Å². The Morgan fingerprint density at radius 3 is 2.00 bits per heavy atom. The number of fused-ring (bicyclic) bond motifs is 3. The summed E-state index contributed by atoms with van der Waals surface area (Å²) in [7, 11) is 0. The summed E-state index contributed by atoms with van der Waals surface area (Å²) >= 11 is 0. The van der Waals surface area contributed by atoms with Gasteiger partial charge in [0, 0.05) is 0 Å². The van der Waals surface area contributed by atoms with E-state index in [0.717, 1.165) is 11.1 Å². The molecular formula is C16H15NO2. The Hall–Kier alpha value is -2.13. The summed E-state index contributed by atoms with van der Waals surface area (Å²) in [6.45, 7) is 1.67. The largest absolute Gasteiger partial charge is 0.480 e. The summed E-state index contributed by atoms with van der Waals surface area (Å²) < 4.78 is 0. The van der Waals surface area contributed by atoms with Gasteiger partial charge >= 0.3 is 5.97 Å². The second kappa shape index (κ2) is 4.52. The van der Waals surface area contributed by atoms with Crippen molar-refractivity contribution in [2.45, 2.75) is 19.0 Å². The van der Waals surface area contributed by atoms with Gasteiger partial charge in [-0.15, -0.1) is 0 Å². The molecule has 2 N–H and O–H groups in total. The van der Waals surface area contributed by atoms with Crippen molar-refractivity contribution >= 4 is 5.97 Å². The number of benzene rings is 2. The molecule has 1 unspecified atom stereocenters. The fraction of sp³-hybridized carbons (Fsp3) is 0.188.